The van der Waals surface area contributed by atoms with Crippen molar-refractivity contribution in [2.24, 2.45) is 11.8 Å². The molecule has 0 aliphatic heterocycles. The summed E-state index contributed by atoms with van der Waals surface area (Å²) in [6.45, 7) is 0. The largest absolute Gasteiger partial charge is 0.0882 e. The summed E-state index contributed by atoms with van der Waals surface area (Å²) < 4.78 is 2.64. The molecule has 0 amide bonds. The Hall–Kier alpha value is 1.20. The van der Waals surface area contributed by atoms with Gasteiger partial charge in [-0.05, 0) is 31.1 Å². The van der Waals surface area contributed by atoms with Crippen molar-refractivity contribution in [3.8, 4) is 0 Å². The molecule has 1 aliphatic rings. The first-order valence-electron chi connectivity index (χ1n) is 4.17. The Morgan fingerprint density at radius 3 is 2.82 bits per heavy atom. The van der Waals surface area contributed by atoms with Gasteiger partial charge in [-0.1, -0.05) is 57.3 Å². The molecule has 0 bridgehead atoms. The Bertz CT molecular complexity index is 132. The van der Waals surface area contributed by atoms with Crippen LogP contribution in [0.5, 0.6) is 0 Å². The van der Waals surface area contributed by atoms with E-state index in [-0.39, 0.29) is 0 Å². The van der Waals surface area contributed by atoms with Crippen LogP contribution in [0.15, 0.2) is 12.2 Å². The van der Waals surface area contributed by atoms with Crippen LogP contribution in [0.3, 0.4) is 0 Å². The SMILES string of the molecule is ICCC1C=CCCC1CI. The predicted octanol–water partition coefficient (Wildman–Crippen LogP) is 3.83. The molecule has 0 aromatic heterocycles. The Labute approximate surface area is 96.5 Å². The molecule has 0 saturated heterocycles. The lowest BCUT2D eigenvalue weighted by Crippen LogP contribution is -2.17. The van der Waals surface area contributed by atoms with Gasteiger partial charge >= 0.3 is 0 Å². The Morgan fingerprint density at radius 1 is 1.36 bits per heavy atom. The summed E-state index contributed by atoms with van der Waals surface area (Å²) in [5.74, 6) is 1.85. The molecule has 0 saturated carbocycles. The predicted molar refractivity (Wildman–Crippen MR) is 67.7 cm³/mol. The third-order valence-electron chi connectivity index (χ3n) is 2.33. The van der Waals surface area contributed by atoms with Gasteiger partial charge in [0.15, 0.2) is 0 Å². The lowest BCUT2D eigenvalue weighted by molar-refractivity contribution is 0.393. The van der Waals surface area contributed by atoms with Crippen molar-refractivity contribution in [1.82, 2.24) is 0 Å². The third kappa shape index (κ3) is 3.20. The molecule has 0 spiro atoms. The number of rotatable bonds is 3. The molecular weight excluding hydrogens is 362 g/mol. The van der Waals surface area contributed by atoms with E-state index in [1.165, 1.54) is 28.1 Å². The third-order valence-corrected chi connectivity index (χ3v) is 4.09. The standard InChI is InChI=1S/C9H14I2/c10-6-5-8-3-1-2-4-9(8)7-11/h1,3,8-9H,2,4-7H2. The van der Waals surface area contributed by atoms with Crippen molar-refractivity contribution in [3.63, 3.8) is 0 Å². The zero-order valence-electron chi connectivity index (χ0n) is 6.60. The maximum absolute atomic E-state index is 2.53. The van der Waals surface area contributed by atoms with E-state index < -0.39 is 0 Å². The van der Waals surface area contributed by atoms with Gasteiger partial charge in [-0.15, -0.1) is 0 Å². The molecule has 64 valence electrons. The van der Waals surface area contributed by atoms with Crippen molar-refractivity contribution >= 4 is 45.2 Å². The smallest absolute Gasteiger partial charge is 0.00294 e. The maximum atomic E-state index is 2.53. The second-order valence-electron chi connectivity index (χ2n) is 3.06. The summed E-state index contributed by atoms with van der Waals surface area (Å²) in [6.07, 6.45) is 8.90. The molecule has 0 aromatic rings. The number of halogens is 2. The fourth-order valence-electron chi connectivity index (χ4n) is 1.60. The van der Waals surface area contributed by atoms with E-state index in [1.54, 1.807) is 0 Å². The second kappa shape index (κ2) is 5.78. The molecule has 2 unspecified atom stereocenters. The van der Waals surface area contributed by atoms with Gasteiger partial charge in [-0.3, -0.25) is 0 Å². The number of hydrogen-bond donors (Lipinski definition) is 0. The number of hydrogen-bond acceptors (Lipinski definition) is 0. The van der Waals surface area contributed by atoms with E-state index in [1.807, 2.05) is 0 Å². The molecule has 2 heteroatoms. The van der Waals surface area contributed by atoms with Gasteiger partial charge in [0.2, 0.25) is 0 Å². The highest BCUT2D eigenvalue weighted by Crippen LogP contribution is 2.29. The van der Waals surface area contributed by atoms with E-state index in [4.69, 9.17) is 0 Å². The summed E-state index contributed by atoms with van der Waals surface area (Å²) in [6, 6.07) is 0. The van der Waals surface area contributed by atoms with E-state index in [0.717, 1.165) is 11.8 Å². The van der Waals surface area contributed by atoms with Gasteiger partial charge in [-0.2, -0.15) is 0 Å². The fourth-order valence-corrected chi connectivity index (χ4v) is 3.41. The van der Waals surface area contributed by atoms with Crippen LogP contribution in [-0.4, -0.2) is 8.86 Å². The first-order chi connectivity index (χ1) is 5.38. The van der Waals surface area contributed by atoms with E-state index in [9.17, 15) is 0 Å². The average molecular weight is 376 g/mol. The second-order valence-corrected chi connectivity index (χ2v) is 5.02. The number of alkyl halides is 2. The van der Waals surface area contributed by atoms with Gasteiger partial charge in [0, 0.05) is 8.86 Å². The van der Waals surface area contributed by atoms with Crippen LogP contribution in [0.25, 0.3) is 0 Å². The molecule has 0 nitrogen and oxygen atoms in total. The summed E-state index contributed by atoms with van der Waals surface area (Å²) in [5.41, 5.74) is 0. The van der Waals surface area contributed by atoms with Crippen LogP contribution >= 0.6 is 45.2 Å². The van der Waals surface area contributed by atoms with Crippen LogP contribution in [0.4, 0.5) is 0 Å². The fraction of sp³-hybridized carbons (Fsp3) is 0.778. The zero-order valence-corrected chi connectivity index (χ0v) is 10.9. The van der Waals surface area contributed by atoms with E-state index >= 15 is 0 Å². The number of allylic oxidation sites excluding steroid dienone is 2. The molecular formula is C9H14I2. The Morgan fingerprint density at radius 2 is 2.18 bits per heavy atom. The minimum absolute atomic E-state index is 0.887. The first-order valence-corrected chi connectivity index (χ1v) is 7.22. The lowest BCUT2D eigenvalue weighted by atomic mass is 9.84. The molecule has 0 radical (unpaired) electrons. The van der Waals surface area contributed by atoms with Crippen molar-refractivity contribution in [3.05, 3.63) is 12.2 Å². The van der Waals surface area contributed by atoms with E-state index in [2.05, 4.69) is 57.3 Å². The topological polar surface area (TPSA) is 0 Å². The van der Waals surface area contributed by atoms with Crippen molar-refractivity contribution in [2.45, 2.75) is 19.3 Å². The van der Waals surface area contributed by atoms with Gasteiger partial charge < -0.3 is 0 Å². The van der Waals surface area contributed by atoms with Gasteiger partial charge in [-0.25, -0.2) is 0 Å². The minimum Gasteiger partial charge on any atom is -0.0882 e. The van der Waals surface area contributed by atoms with Crippen LogP contribution in [-0.2, 0) is 0 Å². The van der Waals surface area contributed by atoms with Crippen molar-refractivity contribution in [2.75, 3.05) is 8.86 Å². The summed E-state index contributed by atoms with van der Waals surface area (Å²) in [7, 11) is 0. The van der Waals surface area contributed by atoms with Crippen LogP contribution < -0.4 is 0 Å². The van der Waals surface area contributed by atoms with Crippen LogP contribution in [0.2, 0.25) is 0 Å². The van der Waals surface area contributed by atoms with Crippen molar-refractivity contribution in [1.29, 1.82) is 0 Å². The molecule has 11 heavy (non-hydrogen) atoms. The Balaban J connectivity index is 2.43. The summed E-state index contributed by atoms with van der Waals surface area (Å²) >= 11 is 5.01. The molecule has 0 N–H and O–H groups in total. The average Bonchev–Trinajstić information content (AvgIpc) is 2.06. The summed E-state index contributed by atoms with van der Waals surface area (Å²) in [5, 5.41) is 0. The zero-order chi connectivity index (χ0) is 8.10. The molecule has 2 atom stereocenters. The summed E-state index contributed by atoms with van der Waals surface area (Å²) in [4.78, 5) is 0. The first kappa shape index (κ1) is 10.3. The lowest BCUT2D eigenvalue weighted by Gasteiger charge is -2.25. The highest BCUT2D eigenvalue weighted by atomic mass is 127. The van der Waals surface area contributed by atoms with Gasteiger partial charge in [0.1, 0.15) is 0 Å². The van der Waals surface area contributed by atoms with Gasteiger partial charge in [0.05, 0.1) is 0 Å². The monoisotopic (exact) mass is 376 g/mol. The maximum Gasteiger partial charge on any atom is 0.00294 e. The van der Waals surface area contributed by atoms with E-state index in [0.29, 0.717) is 0 Å². The molecule has 0 aromatic carbocycles. The highest BCUT2D eigenvalue weighted by Gasteiger charge is 2.19. The minimum atomic E-state index is 0.887. The Kier molecular flexibility index (Phi) is 5.40. The molecule has 1 rings (SSSR count). The van der Waals surface area contributed by atoms with Crippen LogP contribution in [0, 0.1) is 11.8 Å². The van der Waals surface area contributed by atoms with Crippen molar-refractivity contribution < 1.29 is 0 Å². The molecule has 0 heterocycles. The molecule has 1 aliphatic carbocycles. The highest BCUT2D eigenvalue weighted by molar-refractivity contribution is 14.1. The van der Waals surface area contributed by atoms with Gasteiger partial charge in [0.25, 0.3) is 0 Å². The van der Waals surface area contributed by atoms with Crippen LogP contribution in [0.1, 0.15) is 19.3 Å². The normalized spacial score (nSPS) is 30.7. The molecule has 0 fully saturated rings. The quantitative estimate of drug-likeness (QED) is 0.399.